The molecule has 0 fully saturated rings. The molecule has 0 aliphatic heterocycles. The molecule has 0 aliphatic rings. The van der Waals surface area contributed by atoms with Crippen molar-refractivity contribution >= 4 is 35.1 Å². The summed E-state index contributed by atoms with van der Waals surface area (Å²) in [5, 5.41) is 40.3. The van der Waals surface area contributed by atoms with Crippen LogP contribution in [-0.2, 0) is 35.8 Å². The quantitative estimate of drug-likeness (QED) is 0.0818. The summed E-state index contributed by atoms with van der Waals surface area (Å²) in [7, 11) is 2.88. The molecule has 2 aromatic heterocycles. The Morgan fingerprint density at radius 3 is 1.67 bits per heavy atom. The van der Waals surface area contributed by atoms with E-state index in [4.69, 9.17) is 42.1 Å². The van der Waals surface area contributed by atoms with Crippen LogP contribution in [-0.4, -0.2) is 75.8 Å². The number of aromatic nitrogens is 2. The molecule has 15 heteroatoms. The molecule has 4 aromatic rings. The first kappa shape index (κ1) is 40.1. The van der Waals surface area contributed by atoms with Crippen LogP contribution in [0.2, 0.25) is 10.0 Å². The van der Waals surface area contributed by atoms with Crippen molar-refractivity contribution in [1.82, 2.24) is 15.3 Å². The molecule has 0 radical (unpaired) electrons. The van der Waals surface area contributed by atoms with Crippen molar-refractivity contribution < 1.29 is 49.0 Å². The zero-order valence-electron chi connectivity index (χ0n) is 29.1. The summed E-state index contributed by atoms with van der Waals surface area (Å²) in [5.74, 6) is -2.40. The molecule has 0 unspecified atom stereocenters. The predicted molar refractivity (Wildman–Crippen MR) is 193 cm³/mol. The average Bonchev–Trinajstić information content (AvgIpc) is 3.12. The number of nitrogens with zero attached hydrogens (tertiary/aromatic N) is 2. The van der Waals surface area contributed by atoms with Gasteiger partial charge in [0.1, 0.15) is 29.3 Å². The molecule has 0 saturated carbocycles. The second-order valence-electron chi connectivity index (χ2n) is 11.9. The number of benzene rings is 2. The number of carboxylic acid groups (broad SMARTS) is 2. The van der Waals surface area contributed by atoms with E-state index in [0.29, 0.717) is 17.5 Å². The number of halogens is 2. The number of nitrogens with one attached hydrogen (secondary N) is 1. The van der Waals surface area contributed by atoms with Crippen LogP contribution in [0.3, 0.4) is 0 Å². The fraction of sp³-hybridized carbons (Fsp3) is 0.351. The van der Waals surface area contributed by atoms with E-state index in [9.17, 15) is 30.0 Å². The van der Waals surface area contributed by atoms with Gasteiger partial charge in [-0.05, 0) is 72.2 Å². The molecule has 278 valence electrons. The smallest absolute Gasteiger partial charge is 0.323 e. The number of aliphatic hydroxyl groups is 2. The first-order valence-corrected chi connectivity index (χ1v) is 17.0. The number of carboxylic acids is 2. The summed E-state index contributed by atoms with van der Waals surface area (Å²) in [6.45, 7) is 3.30. The van der Waals surface area contributed by atoms with Crippen LogP contribution >= 0.6 is 23.2 Å². The zero-order valence-corrected chi connectivity index (χ0v) is 30.6. The van der Waals surface area contributed by atoms with Crippen molar-refractivity contribution in [3.05, 3.63) is 92.0 Å². The third-order valence-electron chi connectivity index (χ3n) is 8.62. The summed E-state index contributed by atoms with van der Waals surface area (Å²) in [5.41, 5.74) is 6.83. The number of rotatable bonds is 19. The molecular formula is C37H41Cl2N3O10. The second kappa shape index (κ2) is 18.7. The van der Waals surface area contributed by atoms with E-state index >= 15 is 0 Å². The minimum absolute atomic E-state index is 0.0466. The number of aryl methyl sites for hydroxylation is 1. The Hall–Kier alpha value is -4.66. The Morgan fingerprint density at radius 2 is 1.23 bits per heavy atom. The van der Waals surface area contributed by atoms with Crippen LogP contribution in [0.15, 0.2) is 48.5 Å². The van der Waals surface area contributed by atoms with Gasteiger partial charge in [0.25, 0.3) is 0 Å². The highest BCUT2D eigenvalue weighted by Gasteiger charge is 2.21. The first-order valence-electron chi connectivity index (χ1n) is 16.2. The molecule has 2 aromatic carbocycles. The van der Waals surface area contributed by atoms with Crippen LogP contribution in [0, 0.1) is 19.8 Å². The van der Waals surface area contributed by atoms with E-state index < -0.39 is 37.1 Å². The van der Waals surface area contributed by atoms with Crippen molar-refractivity contribution in [2.45, 2.75) is 52.5 Å². The SMILES string of the molecule is COc1nc(OCc2cccc(-c3cccc(COc4nc(OC)c(CN[C@@H](CO)C(=O)O)cc4Cl)c3C)c2C)c(Cl)cc1CC[C@@H](CO)C(=O)O. The minimum Gasteiger partial charge on any atom is -0.481 e. The number of aliphatic hydroxyl groups excluding tert-OH is 2. The topological polar surface area (TPSA) is 190 Å². The molecular weight excluding hydrogens is 717 g/mol. The molecule has 52 heavy (non-hydrogen) atoms. The van der Waals surface area contributed by atoms with Gasteiger partial charge in [-0.1, -0.05) is 59.6 Å². The lowest BCUT2D eigenvalue weighted by Crippen LogP contribution is -2.39. The molecule has 0 bridgehead atoms. The number of hydrogen-bond acceptors (Lipinski definition) is 11. The van der Waals surface area contributed by atoms with E-state index in [1.54, 1.807) is 12.1 Å². The van der Waals surface area contributed by atoms with Gasteiger partial charge in [0.2, 0.25) is 23.5 Å². The third-order valence-corrected chi connectivity index (χ3v) is 9.16. The van der Waals surface area contributed by atoms with Crippen LogP contribution in [0.5, 0.6) is 23.5 Å². The Kier molecular flexibility index (Phi) is 14.4. The van der Waals surface area contributed by atoms with Gasteiger partial charge in [0, 0.05) is 17.7 Å². The molecule has 5 N–H and O–H groups in total. The van der Waals surface area contributed by atoms with E-state index in [1.807, 2.05) is 50.2 Å². The van der Waals surface area contributed by atoms with Crippen molar-refractivity contribution in [3.63, 3.8) is 0 Å². The Morgan fingerprint density at radius 1 is 0.731 bits per heavy atom. The Balaban J connectivity index is 1.49. The normalized spacial score (nSPS) is 12.2. The highest BCUT2D eigenvalue weighted by molar-refractivity contribution is 6.32. The lowest BCUT2D eigenvalue weighted by atomic mass is 9.92. The van der Waals surface area contributed by atoms with E-state index in [1.165, 1.54) is 14.2 Å². The van der Waals surface area contributed by atoms with Crippen LogP contribution in [0.4, 0.5) is 0 Å². The summed E-state index contributed by atoms with van der Waals surface area (Å²) in [6.07, 6.45) is 0.483. The minimum atomic E-state index is -1.19. The number of ether oxygens (including phenoxy) is 4. The maximum absolute atomic E-state index is 11.3. The van der Waals surface area contributed by atoms with Crippen LogP contribution in [0.1, 0.15) is 39.8 Å². The van der Waals surface area contributed by atoms with Crippen molar-refractivity contribution in [1.29, 1.82) is 0 Å². The first-order chi connectivity index (χ1) is 24.9. The summed E-state index contributed by atoms with van der Waals surface area (Å²) in [4.78, 5) is 31.4. The number of methoxy groups -OCH3 is 2. The third kappa shape index (κ3) is 9.81. The Labute approximate surface area is 311 Å². The van der Waals surface area contributed by atoms with Gasteiger partial charge in [0.05, 0.1) is 33.4 Å². The fourth-order valence-corrected chi connectivity index (χ4v) is 5.95. The average molecular weight is 759 g/mol. The predicted octanol–water partition coefficient (Wildman–Crippen LogP) is 5.40. The summed E-state index contributed by atoms with van der Waals surface area (Å²) >= 11 is 13.0. The number of aliphatic carboxylic acids is 2. The summed E-state index contributed by atoms with van der Waals surface area (Å²) in [6, 6.07) is 13.9. The van der Waals surface area contributed by atoms with Gasteiger partial charge in [-0.3, -0.25) is 14.9 Å². The van der Waals surface area contributed by atoms with Crippen molar-refractivity contribution in [3.8, 4) is 34.6 Å². The molecule has 13 nitrogen and oxygen atoms in total. The summed E-state index contributed by atoms with van der Waals surface area (Å²) < 4.78 is 22.9. The van der Waals surface area contributed by atoms with Gasteiger partial charge in [-0.25, -0.2) is 0 Å². The molecule has 2 atom stereocenters. The van der Waals surface area contributed by atoms with Crippen molar-refractivity contribution in [2.75, 3.05) is 27.4 Å². The molecule has 0 spiro atoms. The van der Waals surface area contributed by atoms with Crippen LogP contribution in [0.25, 0.3) is 11.1 Å². The standard InChI is InChI=1S/C37H41Cl2N3O10/c1-20-24(18-51-34-29(38)13-22(32(41-34)49-3)11-12-23(16-43)36(45)46)7-5-9-27(20)28-10-6-8-25(21(28)2)19-52-35-30(39)14-26(33(42-35)50-4)15-40-31(17-44)37(47)48/h5-10,13-14,23,31,40,43-44H,11-12,15-19H2,1-4H3,(H,45,46)(H,47,48)/t23-,31-/m0/s1. The monoisotopic (exact) mass is 757 g/mol. The molecule has 0 saturated heterocycles. The second-order valence-corrected chi connectivity index (χ2v) is 12.7. The van der Waals surface area contributed by atoms with E-state index in [-0.39, 0.29) is 59.7 Å². The lowest BCUT2D eigenvalue weighted by Gasteiger charge is -2.18. The number of pyridine rings is 2. The molecule has 0 aliphatic carbocycles. The van der Waals surface area contributed by atoms with Gasteiger partial charge >= 0.3 is 11.9 Å². The van der Waals surface area contributed by atoms with E-state index in [2.05, 4.69) is 15.3 Å². The number of hydrogen-bond donors (Lipinski definition) is 5. The number of carbonyl (C=O) groups is 2. The highest BCUT2D eigenvalue weighted by Crippen LogP contribution is 2.35. The van der Waals surface area contributed by atoms with Gasteiger partial charge in [-0.2, -0.15) is 9.97 Å². The van der Waals surface area contributed by atoms with Gasteiger partial charge < -0.3 is 39.4 Å². The maximum Gasteiger partial charge on any atom is 0.323 e. The molecule has 0 amide bonds. The molecule has 4 rings (SSSR count). The zero-order chi connectivity index (χ0) is 37.9. The van der Waals surface area contributed by atoms with Crippen LogP contribution < -0.4 is 24.3 Å². The maximum atomic E-state index is 11.3. The highest BCUT2D eigenvalue weighted by atomic mass is 35.5. The fourth-order valence-electron chi connectivity index (χ4n) is 5.49. The van der Waals surface area contributed by atoms with Gasteiger partial charge in [-0.15, -0.1) is 0 Å². The van der Waals surface area contributed by atoms with E-state index in [0.717, 1.165) is 33.4 Å². The largest absolute Gasteiger partial charge is 0.481 e. The lowest BCUT2D eigenvalue weighted by molar-refractivity contribution is -0.143. The Bertz CT molecular complexity index is 1760. The van der Waals surface area contributed by atoms with Crippen molar-refractivity contribution in [2.24, 2.45) is 5.92 Å². The molecule has 2 heterocycles. The van der Waals surface area contributed by atoms with Gasteiger partial charge in [0.15, 0.2) is 0 Å².